The molecule has 2 aliphatic carbocycles. The Hall–Kier alpha value is -7.86. The van der Waals surface area contributed by atoms with Gasteiger partial charge in [0.25, 0.3) is 0 Å². The molecule has 1 aromatic heterocycles. The first kappa shape index (κ1) is 40.8. The predicted octanol–water partition coefficient (Wildman–Crippen LogP) is 18.8. The Morgan fingerprint density at radius 2 is 0.708 bits per heavy atom. The van der Waals surface area contributed by atoms with Crippen molar-refractivity contribution in [2.24, 2.45) is 0 Å². The predicted molar refractivity (Wildman–Crippen MR) is 302 cm³/mol. The maximum Gasteiger partial charge on any atom is 0.0736 e. The molecule has 1 nitrogen and oxygen atoms in total. The van der Waals surface area contributed by atoms with Crippen LogP contribution in [0.4, 0.5) is 17.1 Å². The summed E-state index contributed by atoms with van der Waals surface area (Å²) >= 11 is 5.66. The number of hydrogen-bond donors (Lipinski definition) is 0. The Morgan fingerprint density at radius 1 is 0.278 bits per heavy atom. The van der Waals surface area contributed by atoms with Gasteiger partial charge in [-0.1, -0.05) is 199 Å². The fourth-order valence-corrected chi connectivity index (χ4v) is 16.7. The lowest BCUT2D eigenvalue weighted by molar-refractivity contribution is 0.722. The molecule has 4 heteroatoms. The van der Waals surface area contributed by atoms with Crippen molar-refractivity contribution in [3.63, 3.8) is 0 Å². The molecule has 4 aliphatic rings. The first-order chi connectivity index (χ1) is 35.7. The van der Waals surface area contributed by atoms with E-state index >= 15 is 0 Å². The third-order valence-corrected chi connectivity index (χ3v) is 19.5. The van der Waals surface area contributed by atoms with Gasteiger partial charge in [-0.05, 0) is 151 Å². The lowest BCUT2D eigenvalue weighted by atomic mass is 9.67. The van der Waals surface area contributed by atoms with Crippen LogP contribution in [0, 0.1) is 0 Å². The second-order valence-corrected chi connectivity index (χ2v) is 22.7. The third-order valence-electron chi connectivity index (χ3n) is 16.0. The molecule has 2 spiro atoms. The van der Waals surface area contributed by atoms with Crippen molar-refractivity contribution < 1.29 is 0 Å². The number of anilines is 3. The SMILES string of the molecule is c1ccc2c(c1)Sc1ccccc1C21c2ccccc2-c2cc(N(c3ccc(-c4cccc5sc6ccccc6c45)cc3)c3ccc4c(c3)C3(c5ccccc5Sc5ccccc53)c3ccccc3-4)ccc21. The van der Waals surface area contributed by atoms with Gasteiger partial charge >= 0.3 is 0 Å². The number of thiophene rings is 1. The molecule has 72 heavy (non-hydrogen) atoms. The summed E-state index contributed by atoms with van der Waals surface area (Å²) < 4.78 is 2.63. The van der Waals surface area contributed by atoms with Crippen LogP contribution in [-0.2, 0) is 10.8 Å². The molecule has 16 rings (SSSR count). The Kier molecular flexibility index (Phi) is 8.69. The zero-order valence-electron chi connectivity index (χ0n) is 38.8. The van der Waals surface area contributed by atoms with Crippen LogP contribution in [-0.4, -0.2) is 0 Å². The minimum atomic E-state index is -0.499. The molecule has 0 saturated heterocycles. The largest absolute Gasteiger partial charge is 0.310 e. The zero-order chi connectivity index (χ0) is 47.1. The summed E-state index contributed by atoms with van der Waals surface area (Å²) in [6, 6.07) is 94.2. The highest BCUT2D eigenvalue weighted by Crippen LogP contribution is 2.65. The van der Waals surface area contributed by atoms with Gasteiger partial charge in [0.05, 0.1) is 10.8 Å². The highest BCUT2D eigenvalue weighted by molar-refractivity contribution is 7.99. The van der Waals surface area contributed by atoms with E-state index in [1.807, 2.05) is 34.9 Å². The maximum atomic E-state index is 2.53. The van der Waals surface area contributed by atoms with Crippen LogP contribution in [0.5, 0.6) is 0 Å². The highest BCUT2D eigenvalue weighted by atomic mass is 32.2. The van der Waals surface area contributed by atoms with Crippen molar-refractivity contribution >= 4 is 72.1 Å². The van der Waals surface area contributed by atoms with E-state index in [-0.39, 0.29) is 0 Å². The standard InChI is InChI=1S/C68H41NS3/c1-4-20-52-47(16-1)49-38-36-45(41-59(49)68(52)57-24-8-13-29-63(57)72-64-30-14-9-25-58(64)68)69(43-34-32-42(33-35-43)46-19-15-31-65-66(46)50-18-3-10-26-60(50)70-65)44-37-39-54-51(40-44)48-17-2-5-21-53(48)67(54)55-22-6-11-27-61(55)71-62-28-12-7-23-56(62)67/h1-41H. The molecule has 2 aliphatic heterocycles. The van der Waals surface area contributed by atoms with Gasteiger partial charge in [0.1, 0.15) is 0 Å². The highest BCUT2D eigenvalue weighted by Gasteiger charge is 2.52. The van der Waals surface area contributed by atoms with Crippen LogP contribution in [0.15, 0.2) is 268 Å². The molecule has 11 aromatic carbocycles. The van der Waals surface area contributed by atoms with Gasteiger partial charge in [0.15, 0.2) is 0 Å². The minimum absolute atomic E-state index is 0.451. The summed E-state index contributed by atoms with van der Waals surface area (Å²) in [5, 5.41) is 2.64. The van der Waals surface area contributed by atoms with Crippen LogP contribution < -0.4 is 4.90 Å². The van der Waals surface area contributed by atoms with E-state index in [1.165, 1.54) is 118 Å². The van der Waals surface area contributed by atoms with Crippen molar-refractivity contribution in [3.05, 3.63) is 293 Å². The van der Waals surface area contributed by atoms with E-state index in [2.05, 4.69) is 254 Å². The van der Waals surface area contributed by atoms with Gasteiger partial charge in [-0.25, -0.2) is 0 Å². The maximum absolute atomic E-state index is 2.53. The summed E-state index contributed by atoms with van der Waals surface area (Å²) in [5.74, 6) is 0. The molecule has 12 aromatic rings. The van der Waals surface area contributed by atoms with Gasteiger partial charge in [0, 0.05) is 56.8 Å². The van der Waals surface area contributed by atoms with Crippen molar-refractivity contribution in [2.45, 2.75) is 30.4 Å². The molecule has 0 fully saturated rings. The van der Waals surface area contributed by atoms with E-state index < -0.39 is 10.8 Å². The van der Waals surface area contributed by atoms with Crippen molar-refractivity contribution in [3.8, 4) is 33.4 Å². The normalized spacial score (nSPS) is 14.5. The summed E-state index contributed by atoms with van der Waals surface area (Å²) in [4.78, 5) is 7.76. The number of hydrogen-bond acceptors (Lipinski definition) is 4. The fourth-order valence-electron chi connectivity index (χ4n) is 13.2. The Morgan fingerprint density at radius 3 is 1.33 bits per heavy atom. The van der Waals surface area contributed by atoms with Crippen LogP contribution in [0.3, 0.4) is 0 Å². The molecular formula is C68H41NS3. The average molecular weight is 968 g/mol. The molecule has 336 valence electrons. The first-order valence-electron chi connectivity index (χ1n) is 24.7. The van der Waals surface area contributed by atoms with Crippen LogP contribution in [0.1, 0.15) is 44.5 Å². The quantitative estimate of drug-likeness (QED) is 0.173. The van der Waals surface area contributed by atoms with E-state index in [9.17, 15) is 0 Å². The molecular weight excluding hydrogens is 927 g/mol. The van der Waals surface area contributed by atoms with Gasteiger partial charge in [0.2, 0.25) is 0 Å². The molecule has 3 heterocycles. The van der Waals surface area contributed by atoms with Crippen LogP contribution in [0.2, 0.25) is 0 Å². The van der Waals surface area contributed by atoms with Crippen molar-refractivity contribution in [1.29, 1.82) is 0 Å². The molecule has 0 unspecified atom stereocenters. The second kappa shape index (κ2) is 15.3. The second-order valence-electron chi connectivity index (χ2n) is 19.4. The van der Waals surface area contributed by atoms with Crippen molar-refractivity contribution in [2.75, 3.05) is 4.90 Å². The molecule has 0 bridgehead atoms. The fraction of sp³-hybridized carbons (Fsp3) is 0.0294. The Balaban J connectivity index is 0.942. The number of fused-ring (bicyclic) bond motifs is 21. The summed E-state index contributed by atoms with van der Waals surface area (Å²) in [5.41, 5.74) is 20.7. The molecule has 0 N–H and O–H groups in total. The summed E-state index contributed by atoms with van der Waals surface area (Å²) in [6.07, 6.45) is 0. The minimum Gasteiger partial charge on any atom is -0.310 e. The molecule has 0 amide bonds. The average Bonchev–Trinajstić information content (AvgIpc) is 4.06. The first-order valence-corrected chi connectivity index (χ1v) is 27.2. The lowest BCUT2D eigenvalue weighted by Gasteiger charge is -2.40. The third kappa shape index (κ3) is 5.41. The van der Waals surface area contributed by atoms with E-state index in [1.54, 1.807) is 0 Å². The Bertz CT molecular complexity index is 4170. The molecule has 0 saturated carbocycles. The Labute approximate surface area is 431 Å². The molecule has 0 radical (unpaired) electrons. The van der Waals surface area contributed by atoms with Crippen LogP contribution in [0.25, 0.3) is 53.6 Å². The van der Waals surface area contributed by atoms with Crippen LogP contribution >= 0.6 is 34.9 Å². The van der Waals surface area contributed by atoms with Gasteiger partial charge in [-0.2, -0.15) is 0 Å². The van der Waals surface area contributed by atoms with E-state index in [0.29, 0.717) is 0 Å². The van der Waals surface area contributed by atoms with Gasteiger partial charge < -0.3 is 4.90 Å². The smallest absolute Gasteiger partial charge is 0.0736 e. The van der Waals surface area contributed by atoms with Gasteiger partial charge in [-0.15, -0.1) is 11.3 Å². The van der Waals surface area contributed by atoms with Gasteiger partial charge in [-0.3, -0.25) is 0 Å². The summed E-state index contributed by atoms with van der Waals surface area (Å²) in [7, 11) is 0. The monoisotopic (exact) mass is 967 g/mol. The number of rotatable bonds is 4. The molecule has 0 atom stereocenters. The summed E-state index contributed by atoms with van der Waals surface area (Å²) in [6.45, 7) is 0. The topological polar surface area (TPSA) is 3.24 Å². The zero-order valence-corrected chi connectivity index (χ0v) is 41.3. The van der Waals surface area contributed by atoms with E-state index in [0.717, 1.165) is 17.1 Å². The van der Waals surface area contributed by atoms with Crippen molar-refractivity contribution in [1.82, 2.24) is 0 Å². The number of nitrogens with zero attached hydrogens (tertiary/aromatic N) is 1. The van der Waals surface area contributed by atoms with E-state index in [4.69, 9.17) is 0 Å². The lowest BCUT2D eigenvalue weighted by Crippen LogP contribution is -2.32. The number of benzene rings is 11.